The summed E-state index contributed by atoms with van der Waals surface area (Å²) in [7, 11) is 1.96. The van der Waals surface area contributed by atoms with Gasteiger partial charge in [0.25, 0.3) is 0 Å². The first-order valence-corrected chi connectivity index (χ1v) is 7.31. The van der Waals surface area contributed by atoms with Crippen molar-refractivity contribution in [2.75, 3.05) is 6.54 Å². The Kier molecular flexibility index (Phi) is 5.30. The number of nitrogens with zero attached hydrogens (tertiary/aromatic N) is 3. The van der Waals surface area contributed by atoms with Gasteiger partial charge in [-0.3, -0.25) is 9.67 Å². The van der Waals surface area contributed by atoms with E-state index in [1.807, 2.05) is 30.3 Å². The highest BCUT2D eigenvalue weighted by atomic mass is 15.2. The molecule has 0 aliphatic carbocycles. The first-order valence-electron chi connectivity index (χ1n) is 7.31. The van der Waals surface area contributed by atoms with E-state index in [0.29, 0.717) is 6.04 Å². The van der Waals surface area contributed by atoms with Crippen LogP contribution in [0.2, 0.25) is 0 Å². The maximum Gasteiger partial charge on any atom is 0.0521 e. The lowest BCUT2D eigenvalue weighted by atomic mass is 10.0. The summed E-state index contributed by atoms with van der Waals surface area (Å²) in [6.45, 7) is 5.32. The molecule has 1 atom stereocenters. The Morgan fingerprint density at radius 3 is 2.80 bits per heavy atom. The summed E-state index contributed by atoms with van der Waals surface area (Å²) < 4.78 is 1.86. The minimum Gasteiger partial charge on any atom is -0.310 e. The second kappa shape index (κ2) is 7.20. The van der Waals surface area contributed by atoms with Gasteiger partial charge in [0.15, 0.2) is 0 Å². The molecule has 0 saturated heterocycles. The standard InChI is InChI=1S/C16H24N4/c1-4-7-18-16(15-8-13(2)9-17-11-15)6-5-14-10-19-20(3)12-14/h8-12,16,18H,4-7H2,1-3H3. The van der Waals surface area contributed by atoms with Crippen LogP contribution in [-0.2, 0) is 13.5 Å². The van der Waals surface area contributed by atoms with E-state index in [2.05, 4.69) is 41.5 Å². The predicted octanol–water partition coefficient (Wildman–Crippen LogP) is 2.80. The summed E-state index contributed by atoms with van der Waals surface area (Å²) in [5, 5.41) is 7.85. The molecule has 0 bridgehead atoms. The highest BCUT2D eigenvalue weighted by Crippen LogP contribution is 2.19. The maximum atomic E-state index is 4.32. The van der Waals surface area contributed by atoms with Crippen LogP contribution in [0.25, 0.3) is 0 Å². The molecule has 108 valence electrons. The fraction of sp³-hybridized carbons (Fsp3) is 0.500. The highest BCUT2D eigenvalue weighted by molar-refractivity contribution is 5.20. The molecule has 4 heteroatoms. The van der Waals surface area contributed by atoms with Crippen LogP contribution < -0.4 is 5.32 Å². The molecule has 2 rings (SSSR count). The SMILES string of the molecule is CCCNC(CCc1cnn(C)c1)c1cncc(C)c1. The molecule has 0 aromatic carbocycles. The zero-order chi connectivity index (χ0) is 14.4. The van der Waals surface area contributed by atoms with Crippen molar-refractivity contribution < 1.29 is 0 Å². The zero-order valence-electron chi connectivity index (χ0n) is 12.6. The number of rotatable bonds is 7. The third-order valence-electron chi connectivity index (χ3n) is 3.42. The number of hydrogen-bond donors (Lipinski definition) is 1. The average Bonchev–Trinajstić information content (AvgIpc) is 2.85. The molecule has 0 saturated carbocycles. The van der Waals surface area contributed by atoms with Gasteiger partial charge in [0.1, 0.15) is 0 Å². The van der Waals surface area contributed by atoms with Crippen molar-refractivity contribution in [3.8, 4) is 0 Å². The van der Waals surface area contributed by atoms with Crippen LogP contribution in [0.4, 0.5) is 0 Å². The maximum absolute atomic E-state index is 4.32. The Bertz CT molecular complexity index is 533. The molecule has 0 amide bonds. The van der Waals surface area contributed by atoms with Crippen LogP contribution in [0.15, 0.2) is 30.9 Å². The predicted molar refractivity (Wildman–Crippen MR) is 81.5 cm³/mol. The average molecular weight is 272 g/mol. The Morgan fingerprint density at radius 2 is 2.15 bits per heavy atom. The minimum absolute atomic E-state index is 0.363. The summed E-state index contributed by atoms with van der Waals surface area (Å²) in [6, 6.07) is 2.59. The van der Waals surface area contributed by atoms with Gasteiger partial charge in [-0.2, -0.15) is 5.10 Å². The first kappa shape index (κ1) is 14.7. The van der Waals surface area contributed by atoms with Gasteiger partial charge in [-0.25, -0.2) is 0 Å². The molecule has 2 aromatic heterocycles. The quantitative estimate of drug-likeness (QED) is 0.843. The Labute approximate surface area is 121 Å². The molecule has 0 spiro atoms. The van der Waals surface area contributed by atoms with Crippen LogP contribution >= 0.6 is 0 Å². The minimum atomic E-state index is 0.363. The van der Waals surface area contributed by atoms with Gasteiger partial charge in [0.05, 0.1) is 6.20 Å². The van der Waals surface area contributed by atoms with Crippen LogP contribution in [0, 0.1) is 6.92 Å². The molecule has 0 radical (unpaired) electrons. The van der Waals surface area contributed by atoms with Gasteiger partial charge in [-0.1, -0.05) is 13.0 Å². The molecular formula is C16H24N4. The third-order valence-corrected chi connectivity index (χ3v) is 3.42. The van der Waals surface area contributed by atoms with Crippen LogP contribution in [0.1, 0.15) is 42.5 Å². The molecule has 0 fully saturated rings. The second-order valence-electron chi connectivity index (χ2n) is 5.36. The van der Waals surface area contributed by atoms with E-state index in [1.165, 1.54) is 16.7 Å². The zero-order valence-corrected chi connectivity index (χ0v) is 12.6. The number of hydrogen-bond acceptors (Lipinski definition) is 3. The number of pyridine rings is 1. The number of aromatic nitrogens is 3. The Morgan fingerprint density at radius 1 is 1.30 bits per heavy atom. The fourth-order valence-electron chi connectivity index (χ4n) is 2.39. The summed E-state index contributed by atoms with van der Waals surface area (Å²) in [5.41, 5.74) is 3.78. The van der Waals surface area contributed by atoms with Gasteiger partial charge in [-0.15, -0.1) is 0 Å². The molecule has 20 heavy (non-hydrogen) atoms. The summed E-state index contributed by atoms with van der Waals surface area (Å²) in [4.78, 5) is 4.32. The van der Waals surface area contributed by atoms with Gasteiger partial charge < -0.3 is 5.32 Å². The highest BCUT2D eigenvalue weighted by Gasteiger charge is 2.12. The largest absolute Gasteiger partial charge is 0.310 e. The van der Waals surface area contributed by atoms with Gasteiger partial charge >= 0.3 is 0 Å². The van der Waals surface area contributed by atoms with Gasteiger partial charge in [0, 0.05) is 31.7 Å². The van der Waals surface area contributed by atoms with E-state index in [-0.39, 0.29) is 0 Å². The molecule has 1 N–H and O–H groups in total. The smallest absolute Gasteiger partial charge is 0.0521 e. The van der Waals surface area contributed by atoms with Crippen molar-refractivity contribution >= 4 is 0 Å². The van der Waals surface area contributed by atoms with E-state index >= 15 is 0 Å². The molecule has 0 aliphatic rings. The normalized spacial score (nSPS) is 12.6. The van der Waals surface area contributed by atoms with Crippen LogP contribution in [0.3, 0.4) is 0 Å². The summed E-state index contributed by atoms with van der Waals surface area (Å²) >= 11 is 0. The second-order valence-corrected chi connectivity index (χ2v) is 5.36. The Hall–Kier alpha value is -1.68. The molecule has 2 heterocycles. The topological polar surface area (TPSA) is 42.7 Å². The van der Waals surface area contributed by atoms with E-state index in [0.717, 1.165) is 25.8 Å². The Balaban J connectivity index is 2.03. The van der Waals surface area contributed by atoms with Crippen molar-refractivity contribution in [1.82, 2.24) is 20.1 Å². The number of nitrogens with one attached hydrogen (secondary N) is 1. The van der Waals surface area contributed by atoms with Crippen LogP contribution in [-0.4, -0.2) is 21.3 Å². The number of aryl methyl sites for hydroxylation is 3. The van der Waals surface area contributed by atoms with E-state index in [4.69, 9.17) is 0 Å². The fourth-order valence-corrected chi connectivity index (χ4v) is 2.39. The van der Waals surface area contributed by atoms with Gasteiger partial charge in [-0.05, 0) is 49.4 Å². The van der Waals surface area contributed by atoms with Crippen molar-refractivity contribution in [2.24, 2.45) is 7.05 Å². The third kappa shape index (κ3) is 4.17. The molecule has 0 aliphatic heterocycles. The molecule has 2 aromatic rings. The van der Waals surface area contributed by atoms with Crippen molar-refractivity contribution in [1.29, 1.82) is 0 Å². The monoisotopic (exact) mass is 272 g/mol. The molecular weight excluding hydrogens is 248 g/mol. The lowest BCUT2D eigenvalue weighted by Crippen LogP contribution is -2.23. The van der Waals surface area contributed by atoms with Crippen molar-refractivity contribution in [3.05, 3.63) is 47.5 Å². The van der Waals surface area contributed by atoms with E-state index in [9.17, 15) is 0 Å². The summed E-state index contributed by atoms with van der Waals surface area (Å²) in [6.07, 6.45) is 11.2. The molecule has 1 unspecified atom stereocenters. The van der Waals surface area contributed by atoms with E-state index < -0.39 is 0 Å². The van der Waals surface area contributed by atoms with Crippen molar-refractivity contribution in [2.45, 2.75) is 39.2 Å². The lowest BCUT2D eigenvalue weighted by Gasteiger charge is -2.18. The van der Waals surface area contributed by atoms with Crippen LogP contribution in [0.5, 0.6) is 0 Å². The first-order chi connectivity index (χ1) is 9.69. The van der Waals surface area contributed by atoms with E-state index in [1.54, 1.807) is 0 Å². The van der Waals surface area contributed by atoms with Crippen molar-refractivity contribution in [3.63, 3.8) is 0 Å². The molecule has 4 nitrogen and oxygen atoms in total. The van der Waals surface area contributed by atoms with Gasteiger partial charge in [0.2, 0.25) is 0 Å². The lowest BCUT2D eigenvalue weighted by molar-refractivity contribution is 0.498. The summed E-state index contributed by atoms with van der Waals surface area (Å²) in [5.74, 6) is 0.